The number of aryl methyl sites for hydroxylation is 15. The van der Waals surface area contributed by atoms with Crippen molar-refractivity contribution in [2.45, 2.75) is 98.2 Å². The summed E-state index contributed by atoms with van der Waals surface area (Å²) in [6.45, 7) is 8.30. The minimum atomic E-state index is -0.919. The molecule has 25 heteroatoms. The van der Waals surface area contributed by atoms with Crippen molar-refractivity contribution in [2.75, 3.05) is 7.05 Å². The number of hydrogen-bond acceptors (Lipinski definition) is 16. The summed E-state index contributed by atoms with van der Waals surface area (Å²) in [5.41, 5.74) is 32.3. The molecule has 0 fully saturated rings. The van der Waals surface area contributed by atoms with Gasteiger partial charge in [-0.05, 0) is 189 Å². The molecule has 101 heavy (non-hydrogen) atoms. The van der Waals surface area contributed by atoms with Gasteiger partial charge in [0.2, 0.25) is 5.91 Å². The number of H-pyrrole nitrogens is 3. The monoisotopic (exact) mass is 1400 g/mol. The van der Waals surface area contributed by atoms with E-state index in [0.717, 1.165) is 93.7 Å². The molecule has 0 atom stereocenters. The first-order chi connectivity index (χ1) is 49.3. The number of carbonyl (C=O) groups is 3. The number of rotatable bonds is 24. The number of benzene rings is 6. The van der Waals surface area contributed by atoms with Crippen LogP contribution >= 0.6 is 34.0 Å². The molecule has 0 unspecified atom stereocenters. The van der Waals surface area contributed by atoms with Crippen LogP contribution in [0.5, 0.6) is 0 Å². The summed E-state index contributed by atoms with van der Waals surface area (Å²) in [4.78, 5) is 35.4. The van der Waals surface area contributed by atoms with E-state index in [0.29, 0.717) is 73.1 Å². The molecule has 1 amide bonds. The van der Waals surface area contributed by atoms with Crippen LogP contribution in [-0.2, 0) is 77.4 Å². The molecule has 15 rings (SSSR count). The minimum absolute atomic E-state index is 0.297. The van der Waals surface area contributed by atoms with Gasteiger partial charge in [-0.25, -0.2) is 9.59 Å². The Kier molecular flexibility index (Phi) is 22.4. The molecule has 0 radical (unpaired) electrons. The Bertz CT molecular complexity index is 4680. The summed E-state index contributed by atoms with van der Waals surface area (Å²) in [6, 6.07) is 48.8. The number of aromatic nitrogens is 15. The van der Waals surface area contributed by atoms with Crippen molar-refractivity contribution >= 4 is 84.6 Å². The normalized spacial score (nSPS) is 11.1. The van der Waals surface area contributed by atoms with Crippen molar-refractivity contribution in [3.8, 4) is 33.8 Å². The number of carboxylic acids is 2. The molecule has 22 nitrogen and oxygen atoms in total. The highest BCUT2D eigenvalue weighted by Crippen LogP contribution is 2.40. The number of tetrazole rings is 3. The van der Waals surface area contributed by atoms with Crippen molar-refractivity contribution in [1.29, 1.82) is 0 Å². The zero-order chi connectivity index (χ0) is 70.4. The number of nitrogens with two attached hydrogens (primary N) is 2. The number of thiophene rings is 3. The Morgan fingerprint density at radius 1 is 0.396 bits per heavy atom. The number of nitrogens with one attached hydrogen (secondary N) is 3. The van der Waals surface area contributed by atoms with E-state index in [1.54, 1.807) is 52.2 Å². The maximum Gasteiger partial charge on any atom is 0.335 e. The largest absolute Gasteiger partial charge is 0.478 e. The maximum atomic E-state index is 12.0. The average molecular weight is 1400 g/mol. The van der Waals surface area contributed by atoms with Gasteiger partial charge in [-0.1, -0.05) is 105 Å². The van der Waals surface area contributed by atoms with E-state index in [4.69, 9.17) is 5.73 Å². The van der Waals surface area contributed by atoms with Crippen molar-refractivity contribution in [3.63, 3.8) is 0 Å². The molecule has 0 aliphatic heterocycles. The number of aromatic carboxylic acids is 2. The Morgan fingerprint density at radius 2 is 0.693 bits per heavy atom. The summed E-state index contributed by atoms with van der Waals surface area (Å²) in [7, 11) is 1.50. The Hall–Kier alpha value is -11.4. The lowest BCUT2D eigenvalue weighted by Gasteiger charge is -2.11. The number of primary amides is 1. The fraction of sp³-hybridized carbons (Fsp3) is 0.211. The van der Waals surface area contributed by atoms with Crippen LogP contribution in [0.15, 0.2) is 178 Å². The number of carbonyl (C=O) groups excluding carboxylic acids is 1. The van der Waals surface area contributed by atoms with Crippen LogP contribution in [-0.4, -0.2) is 111 Å². The molecule has 15 aromatic rings. The molecule has 0 saturated heterocycles. The Morgan fingerprint density at radius 3 is 0.950 bits per heavy atom. The lowest BCUT2D eigenvalue weighted by molar-refractivity contribution is 0.0686. The third-order valence-corrected chi connectivity index (χ3v) is 19.9. The van der Waals surface area contributed by atoms with E-state index in [-0.39, 0.29) is 0 Å². The van der Waals surface area contributed by atoms with Gasteiger partial charge >= 0.3 is 11.9 Å². The van der Waals surface area contributed by atoms with Gasteiger partial charge in [0.25, 0.3) is 0 Å². The van der Waals surface area contributed by atoms with E-state index in [1.807, 2.05) is 36.4 Å². The fourth-order valence-corrected chi connectivity index (χ4v) is 14.8. The van der Waals surface area contributed by atoms with E-state index in [9.17, 15) is 24.6 Å². The van der Waals surface area contributed by atoms with E-state index >= 15 is 0 Å². The van der Waals surface area contributed by atoms with Gasteiger partial charge in [-0.2, -0.15) is 49.7 Å². The van der Waals surface area contributed by atoms with Gasteiger partial charge in [-0.15, -0.1) is 30.6 Å². The van der Waals surface area contributed by atoms with E-state index in [2.05, 4.69) is 225 Å². The molecule has 6 aromatic carbocycles. The smallest absolute Gasteiger partial charge is 0.335 e. The quantitative estimate of drug-likeness (QED) is 0.0296. The van der Waals surface area contributed by atoms with Gasteiger partial charge in [0.1, 0.15) is 0 Å². The molecule has 9 N–H and O–H groups in total. The molecule has 9 aromatic heterocycles. The number of carboxylic acid groups (broad SMARTS) is 2. The van der Waals surface area contributed by atoms with Crippen LogP contribution in [0.25, 0.3) is 66.5 Å². The highest BCUT2D eigenvalue weighted by molar-refractivity contribution is 7.08. The molecule has 0 spiro atoms. The average Bonchev–Trinajstić information content (AvgIpc) is 1.62. The van der Waals surface area contributed by atoms with Crippen LogP contribution < -0.4 is 11.5 Å². The summed E-state index contributed by atoms with van der Waals surface area (Å²) in [5.74, 6) is -0.287. The van der Waals surface area contributed by atoms with Gasteiger partial charge < -0.3 is 35.4 Å². The highest BCUT2D eigenvalue weighted by Gasteiger charge is 2.25. The molecular formula is C76H75N17O5S3. The third-order valence-electron chi connectivity index (χ3n) is 17.9. The predicted molar refractivity (Wildman–Crippen MR) is 398 cm³/mol. The molecule has 0 aliphatic carbocycles. The van der Waals surface area contributed by atoms with Gasteiger partial charge in [-0.3, -0.25) is 4.79 Å². The summed E-state index contributed by atoms with van der Waals surface area (Å²) in [6.07, 6.45) is 7.01. The first-order valence-corrected chi connectivity index (χ1v) is 35.8. The Labute approximate surface area is 593 Å². The van der Waals surface area contributed by atoms with Gasteiger partial charge in [0.05, 0.1) is 28.2 Å². The lowest BCUT2D eigenvalue weighted by atomic mass is 9.98. The van der Waals surface area contributed by atoms with Crippen LogP contribution in [0.3, 0.4) is 0 Å². The van der Waals surface area contributed by atoms with Gasteiger partial charge in [0, 0.05) is 110 Å². The second-order valence-electron chi connectivity index (χ2n) is 24.3. The summed E-state index contributed by atoms with van der Waals surface area (Å²) >= 11 is 4.98. The van der Waals surface area contributed by atoms with Crippen LogP contribution in [0, 0.1) is 20.8 Å². The number of fused-ring (bicyclic) bond motifs is 3. The zero-order valence-corrected chi connectivity index (χ0v) is 58.6. The van der Waals surface area contributed by atoms with Crippen LogP contribution in [0.1, 0.15) is 98.6 Å². The first-order valence-electron chi connectivity index (χ1n) is 33.0. The van der Waals surface area contributed by atoms with Crippen molar-refractivity contribution in [1.82, 2.24) is 75.6 Å². The van der Waals surface area contributed by atoms with Crippen molar-refractivity contribution in [2.24, 2.45) is 11.5 Å². The number of aromatic amines is 3. The van der Waals surface area contributed by atoms with Crippen molar-refractivity contribution in [3.05, 3.63) is 262 Å². The highest BCUT2D eigenvalue weighted by atomic mass is 32.1. The minimum Gasteiger partial charge on any atom is -0.478 e. The van der Waals surface area contributed by atoms with Gasteiger partial charge in [0.15, 0.2) is 17.5 Å². The zero-order valence-electron chi connectivity index (χ0n) is 56.2. The first kappa shape index (κ1) is 69.5. The molecule has 512 valence electrons. The SMILES string of the molecule is CN.Cc1ccc(CCc2c(-c3ccsc3)n(CCc3nn[nH]n3)c3ccc(C(=O)O)cc23)cc1.Cc1ccc(CCc2c(-c3ccsc3)n(CCc3nn[nH]n3)c3ccc(C(=O)O)cc23)cc1.Cc1ccc(CCc2c(-c3ccsc3)n(CCc3nn[nH]n3)c3ccc(C(N)=O)cc23)cc1. The summed E-state index contributed by atoms with van der Waals surface area (Å²) < 4.78 is 6.84. The topological polar surface area (TPSA) is 322 Å². The second-order valence-corrected chi connectivity index (χ2v) is 26.7. The van der Waals surface area contributed by atoms with E-state index < -0.39 is 17.8 Å². The number of amides is 1. The summed E-state index contributed by atoms with van der Waals surface area (Å²) in [5, 5.41) is 78.1. The molecule has 9 heterocycles. The molecular weight excluding hydrogens is 1330 g/mol. The van der Waals surface area contributed by atoms with Crippen LogP contribution in [0.4, 0.5) is 0 Å². The Balaban J connectivity index is 0.000000142. The molecule has 0 saturated carbocycles. The fourth-order valence-electron chi connectivity index (χ4n) is 12.9. The number of nitrogens with zero attached hydrogens (tertiary/aromatic N) is 12. The second kappa shape index (κ2) is 32.5. The lowest BCUT2D eigenvalue weighted by Crippen LogP contribution is -2.10. The third kappa shape index (κ3) is 16.4. The molecule has 0 bridgehead atoms. The standard InChI is InChI=1S/C25H24N6OS.2C25H23N5O2S.CH5N/c1-16-2-4-17(5-3-16)6-8-20-21-14-18(25(26)32)7-9-22(21)31(12-10-23-27-29-30-28-23)24(20)19-11-13-33-15-19;2*1-16-2-4-17(5-3-16)6-8-20-21-14-18(25(31)32)7-9-22(21)30(12-10-23-26-28-29-27-23)24(20)19-11-13-33-15-19;1-2/h2-5,7,9,11,13-15H,6,8,10,12H2,1H3,(H2,26,32)(H,27,28,29,30);2*2-5,7,9,11,13-15H,6,8,10,12H2,1H3,(H,31,32)(H,26,27,28,29);2H2,1H3. The molecule has 0 aliphatic rings. The van der Waals surface area contributed by atoms with E-state index in [1.165, 1.54) is 68.4 Å². The van der Waals surface area contributed by atoms with Crippen molar-refractivity contribution < 1.29 is 24.6 Å². The number of hydrogen-bond donors (Lipinski definition) is 7. The predicted octanol–water partition coefficient (Wildman–Crippen LogP) is 13.7. The maximum absolute atomic E-state index is 12.0. The van der Waals surface area contributed by atoms with Crippen LogP contribution in [0.2, 0.25) is 0 Å².